The predicted molar refractivity (Wildman–Crippen MR) is 95.8 cm³/mol. The highest BCUT2D eigenvalue weighted by Gasteiger charge is 2.44. The van der Waals surface area contributed by atoms with Gasteiger partial charge in [0.2, 0.25) is 0 Å². The molecule has 1 aromatic heterocycles. The zero-order valence-electron chi connectivity index (χ0n) is 15.0. The third-order valence-electron chi connectivity index (χ3n) is 6.27. The first-order chi connectivity index (χ1) is 11.7. The van der Waals surface area contributed by atoms with Gasteiger partial charge < -0.3 is 9.64 Å². The van der Waals surface area contributed by atoms with E-state index in [1.54, 1.807) is 0 Å². The number of hydrogen-bond acceptors (Lipinski definition) is 4. The highest BCUT2D eigenvalue weighted by Crippen LogP contribution is 2.43. The van der Waals surface area contributed by atoms with Gasteiger partial charge in [-0.05, 0) is 75.7 Å². The molecule has 1 atom stereocenters. The fraction of sp³-hybridized carbons (Fsp3) is 0.750. The minimum atomic E-state index is 0.531. The number of ether oxygens (including phenoxy) is 1. The molecule has 3 heterocycles. The third-order valence-corrected chi connectivity index (χ3v) is 6.27. The third kappa shape index (κ3) is 3.98. The molecule has 0 aromatic carbocycles. The maximum Gasteiger partial charge on any atom is 0.0622 e. The Labute approximate surface area is 146 Å². The normalized spacial score (nSPS) is 27.8. The summed E-state index contributed by atoms with van der Waals surface area (Å²) in [6.07, 6.45) is 8.64. The van der Waals surface area contributed by atoms with E-state index in [2.05, 4.69) is 34.0 Å². The van der Waals surface area contributed by atoms with Gasteiger partial charge in [0, 0.05) is 31.9 Å². The Morgan fingerprint density at radius 1 is 1.21 bits per heavy atom. The Hall–Kier alpha value is -0.970. The molecule has 4 nitrogen and oxygen atoms in total. The molecule has 132 valence electrons. The largest absolute Gasteiger partial charge is 0.380 e. The van der Waals surface area contributed by atoms with Crippen molar-refractivity contribution in [1.82, 2.24) is 14.8 Å². The minimum absolute atomic E-state index is 0.531. The summed E-state index contributed by atoms with van der Waals surface area (Å²) < 4.78 is 5.99. The van der Waals surface area contributed by atoms with Gasteiger partial charge in [-0.3, -0.25) is 9.88 Å². The van der Waals surface area contributed by atoms with Crippen LogP contribution >= 0.6 is 0 Å². The van der Waals surface area contributed by atoms with Crippen LogP contribution in [0.15, 0.2) is 24.4 Å². The van der Waals surface area contributed by atoms with Crippen molar-refractivity contribution in [3.63, 3.8) is 0 Å². The monoisotopic (exact) mass is 329 g/mol. The summed E-state index contributed by atoms with van der Waals surface area (Å²) in [5.41, 5.74) is 1.73. The standard InChI is InChI=1S/C20H31N3O/c1-22-16-20(12-19(22)15-24-14-17-5-6-17)7-10-23(11-8-20)13-18-4-2-3-9-21-18/h2-4,9,17,19H,5-8,10-16H2,1H3. The van der Waals surface area contributed by atoms with Crippen molar-refractivity contribution in [2.45, 2.75) is 44.7 Å². The first-order valence-corrected chi connectivity index (χ1v) is 9.63. The van der Waals surface area contributed by atoms with E-state index >= 15 is 0 Å². The van der Waals surface area contributed by atoms with E-state index in [0.29, 0.717) is 11.5 Å². The van der Waals surface area contributed by atoms with Crippen LogP contribution < -0.4 is 0 Å². The van der Waals surface area contributed by atoms with Crippen molar-refractivity contribution in [3.05, 3.63) is 30.1 Å². The summed E-state index contributed by atoms with van der Waals surface area (Å²) in [5, 5.41) is 0. The predicted octanol–water partition coefficient (Wildman–Crippen LogP) is 2.79. The van der Waals surface area contributed by atoms with Crippen molar-refractivity contribution in [2.24, 2.45) is 11.3 Å². The van der Waals surface area contributed by atoms with Crippen LogP contribution in [0.1, 0.15) is 37.8 Å². The summed E-state index contributed by atoms with van der Waals surface area (Å²) in [6.45, 7) is 6.60. The molecule has 0 N–H and O–H groups in total. The van der Waals surface area contributed by atoms with Crippen molar-refractivity contribution in [2.75, 3.05) is 39.9 Å². The molecule has 24 heavy (non-hydrogen) atoms. The molecule has 1 spiro atoms. The lowest BCUT2D eigenvalue weighted by Crippen LogP contribution is -2.41. The van der Waals surface area contributed by atoms with Gasteiger partial charge in [-0.2, -0.15) is 0 Å². The van der Waals surface area contributed by atoms with Crippen LogP contribution in [-0.2, 0) is 11.3 Å². The molecule has 4 rings (SSSR count). The highest BCUT2D eigenvalue weighted by molar-refractivity contribution is 5.04. The van der Waals surface area contributed by atoms with Crippen molar-refractivity contribution in [3.8, 4) is 0 Å². The van der Waals surface area contributed by atoms with E-state index in [1.165, 1.54) is 57.4 Å². The van der Waals surface area contributed by atoms with Crippen LogP contribution in [0.3, 0.4) is 0 Å². The Morgan fingerprint density at radius 2 is 2.04 bits per heavy atom. The van der Waals surface area contributed by atoms with Crippen molar-refractivity contribution >= 4 is 0 Å². The van der Waals surface area contributed by atoms with Crippen LogP contribution in [0.4, 0.5) is 0 Å². The van der Waals surface area contributed by atoms with Gasteiger partial charge in [-0.1, -0.05) is 6.07 Å². The van der Waals surface area contributed by atoms with Gasteiger partial charge in [-0.15, -0.1) is 0 Å². The van der Waals surface area contributed by atoms with E-state index in [1.807, 2.05) is 12.3 Å². The molecule has 2 aliphatic heterocycles. The molecule has 0 radical (unpaired) electrons. The SMILES string of the molecule is CN1CC2(CCN(Cc3ccccn3)CC2)CC1COCC1CC1. The zero-order chi connectivity index (χ0) is 16.4. The highest BCUT2D eigenvalue weighted by atomic mass is 16.5. The van der Waals surface area contributed by atoms with Gasteiger partial charge in [0.25, 0.3) is 0 Å². The van der Waals surface area contributed by atoms with Crippen molar-refractivity contribution in [1.29, 1.82) is 0 Å². The molecule has 4 heteroatoms. The second-order valence-corrected chi connectivity index (χ2v) is 8.35. The van der Waals surface area contributed by atoms with E-state index in [4.69, 9.17) is 4.74 Å². The van der Waals surface area contributed by atoms with Crippen LogP contribution in [0.2, 0.25) is 0 Å². The molecule has 0 bridgehead atoms. The molecule has 1 aromatic rings. The van der Waals surface area contributed by atoms with Crippen LogP contribution in [0.25, 0.3) is 0 Å². The topological polar surface area (TPSA) is 28.6 Å². The molecule has 1 unspecified atom stereocenters. The number of likely N-dealkylation sites (tertiary alicyclic amines) is 2. The second kappa shape index (κ2) is 7.11. The molecule has 1 saturated carbocycles. The summed E-state index contributed by atoms with van der Waals surface area (Å²) in [7, 11) is 2.29. The van der Waals surface area contributed by atoms with Crippen LogP contribution in [0, 0.1) is 11.3 Å². The Kier molecular flexibility index (Phi) is 4.88. The number of likely N-dealkylation sites (N-methyl/N-ethyl adjacent to an activating group) is 1. The quantitative estimate of drug-likeness (QED) is 0.802. The van der Waals surface area contributed by atoms with Crippen LogP contribution in [-0.4, -0.2) is 60.7 Å². The average Bonchev–Trinajstić information content (AvgIpc) is 3.36. The maximum atomic E-state index is 5.99. The lowest BCUT2D eigenvalue weighted by atomic mass is 9.76. The summed E-state index contributed by atoms with van der Waals surface area (Å²) in [5.74, 6) is 0.875. The van der Waals surface area contributed by atoms with Crippen molar-refractivity contribution < 1.29 is 4.74 Å². The molecular formula is C20H31N3O. The zero-order valence-corrected chi connectivity index (χ0v) is 15.0. The van der Waals surface area contributed by atoms with E-state index in [9.17, 15) is 0 Å². The summed E-state index contributed by atoms with van der Waals surface area (Å²) in [4.78, 5) is 9.60. The number of rotatable bonds is 6. The van der Waals surface area contributed by atoms with Gasteiger partial charge in [0.15, 0.2) is 0 Å². The number of piperidine rings is 1. The molecule has 0 amide bonds. The lowest BCUT2D eigenvalue weighted by Gasteiger charge is -2.39. The van der Waals surface area contributed by atoms with Crippen LogP contribution in [0.5, 0.6) is 0 Å². The first-order valence-electron chi connectivity index (χ1n) is 9.63. The Morgan fingerprint density at radius 3 is 2.75 bits per heavy atom. The first kappa shape index (κ1) is 16.5. The average molecular weight is 329 g/mol. The summed E-state index contributed by atoms with van der Waals surface area (Å²) >= 11 is 0. The fourth-order valence-corrected chi connectivity index (χ4v) is 4.49. The fourth-order valence-electron chi connectivity index (χ4n) is 4.49. The molecular weight excluding hydrogens is 298 g/mol. The maximum absolute atomic E-state index is 5.99. The number of aromatic nitrogens is 1. The van der Waals surface area contributed by atoms with Gasteiger partial charge >= 0.3 is 0 Å². The van der Waals surface area contributed by atoms with Gasteiger partial charge in [0.1, 0.15) is 0 Å². The number of pyridine rings is 1. The smallest absolute Gasteiger partial charge is 0.0622 e. The molecule has 2 saturated heterocycles. The number of nitrogens with zero attached hydrogens (tertiary/aromatic N) is 3. The molecule has 3 aliphatic rings. The van der Waals surface area contributed by atoms with E-state index < -0.39 is 0 Å². The lowest BCUT2D eigenvalue weighted by molar-refractivity contribution is 0.0776. The van der Waals surface area contributed by atoms with E-state index in [0.717, 1.165) is 25.7 Å². The minimum Gasteiger partial charge on any atom is -0.380 e. The molecule has 3 fully saturated rings. The number of hydrogen-bond donors (Lipinski definition) is 0. The Balaban J connectivity index is 1.25. The second-order valence-electron chi connectivity index (χ2n) is 8.35. The Bertz CT molecular complexity index is 523. The van der Waals surface area contributed by atoms with Gasteiger partial charge in [0.05, 0.1) is 12.3 Å². The molecule has 1 aliphatic carbocycles. The summed E-state index contributed by atoms with van der Waals surface area (Å²) in [6, 6.07) is 6.85. The van der Waals surface area contributed by atoms with E-state index in [-0.39, 0.29) is 0 Å². The van der Waals surface area contributed by atoms with Gasteiger partial charge in [-0.25, -0.2) is 0 Å².